The largest absolute Gasteiger partial charge is 0.354 e. The molecule has 0 aliphatic rings. The predicted octanol–water partition coefficient (Wildman–Crippen LogP) is 3.05. The van der Waals surface area contributed by atoms with Gasteiger partial charge in [-0.25, -0.2) is 0 Å². The first kappa shape index (κ1) is 18.4. The maximum Gasteiger partial charge on any atom is 0.224 e. The Balaban J connectivity index is 0.00000324. The molecule has 3 nitrogen and oxygen atoms in total. The molecule has 19 heavy (non-hydrogen) atoms. The van der Waals surface area contributed by atoms with Gasteiger partial charge in [-0.15, -0.1) is 12.4 Å². The van der Waals surface area contributed by atoms with Gasteiger partial charge in [0.15, 0.2) is 0 Å². The van der Waals surface area contributed by atoms with Gasteiger partial charge in [-0.1, -0.05) is 48.0 Å². The summed E-state index contributed by atoms with van der Waals surface area (Å²) in [5.74, 6) is 0.0126. The standard InChI is InChI=1S/C14H21BrN2O.ClH/c1-3-14(16,4-2)10-17-13(18)9-11-7-5-6-8-12(11)15;/h5-8H,3-4,9-10,16H2,1-2H3,(H,17,18);1H. The second kappa shape index (κ2) is 8.56. The summed E-state index contributed by atoms with van der Waals surface area (Å²) in [7, 11) is 0. The minimum Gasteiger partial charge on any atom is -0.354 e. The van der Waals surface area contributed by atoms with E-state index in [0.29, 0.717) is 13.0 Å². The average Bonchev–Trinajstić information content (AvgIpc) is 2.39. The summed E-state index contributed by atoms with van der Waals surface area (Å²) in [5, 5.41) is 2.92. The van der Waals surface area contributed by atoms with Crippen molar-refractivity contribution in [3.05, 3.63) is 34.3 Å². The Bertz CT molecular complexity index is 408. The van der Waals surface area contributed by atoms with E-state index in [-0.39, 0.29) is 23.9 Å². The first-order valence-electron chi connectivity index (χ1n) is 6.29. The van der Waals surface area contributed by atoms with Crippen LogP contribution in [-0.4, -0.2) is 18.0 Å². The summed E-state index contributed by atoms with van der Waals surface area (Å²) in [5.41, 5.74) is 6.85. The number of rotatable bonds is 6. The maximum atomic E-state index is 11.9. The molecular weight excluding hydrogens is 328 g/mol. The highest BCUT2D eigenvalue weighted by molar-refractivity contribution is 9.10. The molecule has 3 N–H and O–H groups in total. The molecule has 1 amide bonds. The monoisotopic (exact) mass is 348 g/mol. The van der Waals surface area contributed by atoms with Crippen LogP contribution in [-0.2, 0) is 11.2 Å². The van der Waals surface area contributed by atoms with Crippen molar-refractivity contribution in [2.45, 2.75) is 38.6 Å². The van der Waals surface area contributed by atoms with Gasteiger partial charge in [0, 0.05) is 16.6 Å². The molecule has 0 fully saturated rings. The highest BCUT2D eigenvalue weighted by Gasteiger charge is 2.20. The molecule has 1 aromatic carbocycles. The van der Waals surface area contributed by atoms with Crippen LogP contribution in [0.5, 0.6) is 0 Å². The van der Waals surface area contributed by atoms with Gasteiger partial charge in [-0.3, -0.25) is 4.79 Å². The summed E-state index contributed by atoms with van der Waals surface area (Å²) in [6, 6.07) is 7.75. The smallest absolute Gasteiger partial charge is 0.224 e. The van der Waals surface area contributed by atoms with E-state index in [4.69, 9.17) is 5.73 Å². The fourth-order valence-corrected chi connectivity index (χ4v) is 2.08. The molecule has 0 aromatic heterocycles. The molecule has 0 saturated carbocycles. The Morgan fingerprint density at radius 3 is 2.42 bits per heavy atom. The molecule has 5 heteroatoms. The van der Waals surface area contributed by atoms with Crippen molar-refractivity contribution in [2.75, 3.05) is 6.54 Å². The molecule has 1 aromatic rings. The van der Waals surface area contributed by atoms with Crippen LogP contribution >= 0.6 is 28.3 Å². The van der Waals surface area contributed by atoms with Crippen LogP contribution in [0, 0.1) is 0 Å². The molecule has 0 aliphatic heterocycles. The lowest BCUT2D eigenvalue weighted by molar-refractivity contribution is -0.120. The predicted molar refractivity (Wildman–Crippen MR) is 85.6 cm³/mol. The highest BCUT2D eigenvalue weighted by atomic mass is 79.9. The first-order chi connectivity index (χ1) is 8.50. The Hall–Kier alpha value is -0.580. The Labute approximate surface area is 129 Å². The van der Waals surface area contributed by atoms with Crippen LogP contribution in [0.3, 0.4) is 0 Å². The zero-order valence-electron chi connectivity index (χ0n) is 11.4. The van der Waals surface area contributed by atoms with E-state index in [1.54, 1.807) is 0 Å². The van der Waals surface area contributed by atoms with E-state index in [1.807, 2.05) is 38.1 Å². The van der Waals surface area contributed by atoms with E-state index in [2.05, 4.69) is 21.2 Å². The molecule has 0 saturated heterocycles. The Morgan fingerprint density at radius 1 is 1.32 bits per heavy atom. The van der Waals surface area contributed by atoms with E-state index in [9.17, 15) is 4.79 Å². The zero-order chi connectivity index (χ0) is 13.6. The zero-order valence-corrected chi connectivity index (χ0v) is 13.8. The average molecular weight is 350 g/mol. The first-order valence-corrected chi connectivity index (χ1v) is 7.09. The van der Waals surface area contributed by atoms with Gasteiger partial charge in [-0.2, -0.15) is 0 Å². The fourth-order valence-electron chi connectivity index (χ4n) is 1.65. The number of nitrogens with one attached hydrogen (secondary N) is 1. The second-order valence-corrected chi connectivity index (χ2v) is 5.47. The lowest BCUT2D eigenvalue weighted by Crippen LogP contribution is -2.49. The number of hydrogen-bond acceptors (Lipinski definition) is 2. The van der Waals surface area contributed by atoms with Crippen molar-refractivity contribution < 1.29 is 4.79 Å². The molecule has 0 aliphatic carbocycles. The summed E-state index contributed by atoms with van der Waals surface area (Å²) in [6.07, 6.45) is 2.10. The van der Waals surface area contributed by atoms with Crippen LogP contribution in [0.15, 0.2) is 28.7 Å². The van der Waals surface area contributed by atoms with Gasteiger partial charge >= 0.3 is 0 Å². The van der Waals surface area contributed by atoms with Crippen molar-refractivity contribution >= 4 is 34.2 Å². The van der Waals surface area contributed by atoms with Crippen LogP contribution < -0.4 is 11.1 Å². The van der Waals surface area contributed by atoms with Crippen molar-refractivity contribution in [1.29, 1.82) is 0 Å². The lowest BCUT2D eigenvalue weighted by Gasteiger charge is -2.26. The van der Waals surface area contributed by atoms with E-state index >= 15 is 0 Å². The molecule has 0 bridgehead atoms. The number of carbonyl (C=O) groups excluding carboxylic acids is 1. The van der Waals surface area contributed by atoms with E-state index < -0.39 is 0 Å². The Morgan fingerprint density at radius 2 is 1.89 bits per heavy atom. The van der Waals surface area contributed by atoms with Crippen molar-refractivity contribution in [3.63, 3.8) is 0 Å². The fraction of sp³-hybridized carbons (Fsp3) is 0.500. The van der Waals surface area contributed by atoms with Crippen LogP contribution in [0.25, 0.3) is 0 Å². The number of benzene rings is 1. The number of halogens is 2. The minimum atomic E-state index is -0.288. The second-order valence-electron chi connectivity index (χ2n) is 4.61. The molecule has 108 valence electrons. The molecule has 0 unspecified atom stereocenters. The third-order valence-corrected chi connectivity index (χ3v) is 4.13. The lowest BCUT2D eigenvalue weighted by atomic mass is 9.94. The van der Waals surface area contributed by atoms with Gasteiger partial charge in [-0.05, 0) is 24.5 Å². The quantitative estimate of drug-likeness (QED) is 0.829. The molecule has 0 heterocycles. The van der Waals surface area contributed by atoms with Gasteiger partial charge in [0.25, 0.3) is 0 Å². The van der Waals surface area contributed by atoms with Crippen molar-refractivity contribution in [1.82, 2.24) is 5.32 Å². The molecule has 0 radical (unpaired) electrons. The number of hydrogen-bond donors (Lipinski definition) is 2. The van der Waals surface area contributed by atoms with Crippen LogP contribution in [0.1, 0.15) is 32.3 Å². The van der Waals surface area contributed by atoms with Crippen LogP contribution in [0.4, 0.5) is 0 Å². The summed E-state index contributed by atoms with van der Waals surface area (Å²) < 4.78 is 0.963. The Kier molecular flexibility index (Phi) is 8.30. The SMILES string of the molecule is CCC(N)(CC)CNC(=O)Cc1ccccc1Br.Cl. The highest BCUT2D eigenvalue weighted by Crippen LogP contribution is 2.16. The van der Waals surface area contributed by atoms with Gasteiger partial charge < -0.3 is 11.1 Å². The molecule has 0 atom stereocenters. The van der Waals surface area contributed by atoms with E-state index in [0.717, 1.165) is 22.9 Å². The third-order valence-electron chi connectivity index (χ3n) is 3.35. The van der Waals surface area contributed by atoms with E-state index in [1.165, 1.54) is 0 Å². The summed E-state index contributed by atoms with van der Waals surface area (Å²) in [4.78, 5) is 11.9. The molecule has 0 spiro atoms. The van der Waals surface area contributed by atoms with Gasteiger partial charge in [0.2, 0.25) is 5.91 Å². The normalized spacial score (nSPS) is 10.7. The van der Waals surface area contributed by atoms with Crippen LogP contribution in [0.2, 0.25) is 0 Å². The molecular formula is C14H22BrClN2O. The van der Waals surface area contributed by atoms with Crippen molar-refractivity contribution in [2.24, 2.45) is 5.73 Å². The van der Waals surface area contributed by atoms with Crippen molar-refractivity contribution in [3.8, 4) is 0 Å². The topological polar surface area (TPSA) is 55.1 Å². The van der Waals surface area contributed by atoms with Gasteiger partial charge in [0.05, 0.1) is 6.42 Å². The maximum absolute atomic E-state index is 11.9. The van der Waals surface area contributed by atoms with Gasteiger partial charge in [0.1, 0.15) is 0 Å². The minimum absolute atomic E-state index is 0. The number of amides is 1. The summed E-state index contributed by atoms with van der Waals surface area (Å²) >= 11 is 3.44. The molecule has 1 rings (SSSR count). The number of nitrogens with two attached hydrogens (primary N) is 1. The summed E-state index contributed by atoms with van der Waals surface area (Å²) in [6.45, 7) is 4.62. The third kappa shape index (κ3) is 5.93. The number of carbonyl (C=O) groups is 1.